The smallest absolute Gasteiger partial charge is 0.00460 e. The first-order valence-electron chi connectivity index (χ1n) is 3.46. The van der Waals surface area contributed by atoms with E-state index in [1.807, 2.05) is 6.92 Å². The fraction of sp³-hybridized carbons (Fsp3) is 0.500. The molecule has 0 heterocycles. The van der Waals surface area contributed by atoms with Gasteiger partial charge in [-0.05, 0) is 25.2 Å². The second-order valence-electron chi connectivity index (χ2n) is 1.99. The lowest BCUT2D eigenvalue weighted by atomic mass is 10.5. The van der Waals surface area contributed by atoms with Gasteiger partial charge in [-0.15, -0.1) is 0 Å². The zero-order valence-corrected chi connectivity index (χ0v) is 7.66. The average molecular weight is 157 g/mol. The molecule has 58 valence electrons. The van der Waals surface area contributed by atoms with E-state index in [0.717, 1.165) is 6.42 Å². The minimum atomic E-state index is 1.02. The summed E-state index contributed by atoms with van der Waals surface area (Å²) in [4.78, 5) is 2.54. The van der Waals surface area contributed by atoms with Crippen molar-refractivity contribution in [3.05, 3.63) is 22.1 Å². The van der Waals surface area contributed by atoms with Gasteiger partial charge in [0.05, 0.1) is 0 Å². The first kappa shape index (κ1) is 9.63. The third-order valence-electron chi connectivity index (χ3n) is 1.23. The van der Waals surface area contributed by atoms with E-state index in [-0.39, 0.29) is 0 Å². The van der Waals surface area contributed by atoms with Crippen molar-refractivity contribution in [3.8, 4) is 0 Å². The molecule has 0 aromatic rings. The number of rotatable bonds is 3. The van der Waals surface area contributed by atoms with Crippen LogP contribution >= 0.6 is 11.8 Å². The number of thioether (sulfide) groups is 1. The van der Waals surface area contributed by atoms with Gasteiger partial charge in [0.15, 0.2) is 0 Å². The summed E-state index contributed by atoms with van der Waals surface area (Å²) in [5.41, 5.74) is 5.38. The summed E-state index contributed by atoms with van der Waals surface area (Å²) in [5.74, 6) is 0. The van der Waals surface area contributed by atoms with Gasteiger partial charge in [0, 0.05) is 11.1 Å². The van der Waals surface area contributed by atoms with Gasteiger partial charge in [0.25, 0.3) is 0 Å². The molecule has 0 rings (SSSR count). The Morgan fingerprint density at radius 3 is 2.50 bits per heavy atom. The Kier molecular flexibility index (Phi) is 5.22. The molecule has 2 heteroatoms. The molecule has 10 heavy (non-hydrogen) atoms. The second-order valence-corrected chi connectivity index (χ2v) is 3.36. The van der Waals surface area contributed by atoms with E-state index in [0.29, 0.717) is 0 Å². The monoisotopic (exact) mass is 157 g/mol. The van der Waals surface area contributed by atoms with Crippen LogP contribution in [0.2, 0.25) is 0 Å². The van der Waals surface area contributed by atoms with Gasteiger partial charge in [-0.3, -0.25) is 0 Å². The molecule has 0 saturated heterocycles. The van der Waals surface area contributed by atoms with Crippen LogP contribution < -0.4 is 5.73 Å². The van der Waals surface area contributed by atoms with Gasteiger partial charge in [0.2, 0.25) is 0 Å². The Hall–Kier alpha value is -0.370. The predicted molar refractivity (Wildman–Crippen MR) is 49.6 cm³/mol. The maximum atomic E-state index is 5.38. The second kappa shape index (κ2) is 5.42. The Bertz CT molecular complexity index is 147. The molecule has 0 radical (unpaired) electrons. The molecule has 0 aliphatic heterocycles. The molecule has 0 unspecified atom stereocenters. The van der Waals surface area contributed by atoms with Crippen LogP contribution in [0.15, 0.2) is 22.1 Å². The van der Waals surface area contributed by atoms with E-state index in [1.165, 1.54) is 9.81 Å². The Morgan fingerprint density at radius 1 is 1.60 bits per heavy atom. The van der Waals surface area contributed by atoms with Crippen molar-refractivity contribution >= 4 is 11.8 Å². The van der Waals surface area contributed by atoms with Crippen LogP contribution in [0.1, 0.15) is 27.2 Å². The van der Waals surface area contributed by atoms with Crippen molar-refractivity contribution in [1.29, 1.82) is 0 Å². The molecule has 0 amide bonds. The molecule has 0 spiro atoms. The Morgan fingerprint density at radius 2 is 2.20 bits per heavy atom. The molecule has 2 N–H and O–H groups in total. The lowest BCUT2D eigenvalue weighted by Gasteiger charge is -2.01. The third-order valence-corrected chi connectivity index (χ3v) is 2.48. The van der Waals surface area contributed by atoms with E-state index in [4.69, 9.17) is 5.73 Å². The average Bonchev–Trinajstić information content (AvgIpc) is 1.99. The molecular weight excluding hydrogens is 142 g/mol. The lowest BCUT2D eigenvalue weighted by Crippen LogP contribution is -1.83. The van der Waals surface area contributed by atoms with Crippen LogP contribution in [0.4, 0.5) is 0 Å². The minimum absolute atomic E-state index is 1.02. The number of hydrogen-bond acceptors (Lipinski definition) is 2. The van der Waals surface area contributed by atoms with E-state index >= 15 is 0 Å². The Labute approximate surface area is 67.4 Å². The molecule has 0 bridgehead atoms. The molecule has 0 aromatic carbocycles. The minimum Gasteiger partial charge on any atom is -0.404 e. The maximum absolute atomic E-state index is 5.38. The first-order valence-corrected chi connectivity index (χ1v) is 4.27. The number of allylic oxidation sites excluding steroid dienone is 3. The van der Waals surface area contributed by atoms with Gasteiger partial charge in [-0.2, -0.15) is 0 Å². The highest BCUT2D eigenvalue weighted by Gasteiger charge is 1.93. The third kappa shape index (κ3) is 3.62. The topological polar surface area (TPSA) is 26.0 Å². The van der Waals surface area contributed by atoms with Gasteiger partial charge < -0.3 is 5.73 Å². The molecule has 0 aliphatic carbocycles. The summed E-state index contributed by atoms with van der Waals surface area (Å²) in [6.07, 6.45) is 4.79. The first-order chi connectivity index (χ1) is 4.74. The van der Waals surface area contributed by atoms with Crippen LogP contribution in [-0.4, -0.2) is 0 Å². The van der Waals surface area contributed by atoms with Gasteiger partial charge >= 0.3 is 0 Å². The summed E-state index contributed by atoms with van der Waals surface area (Å²) < 4.78 is 0. The van der Waals surface area contributed by atoms with Crippen molar-refractivity contribution in [2.75, 3.05) is 0 Å². The highest BCUT2D eigenvalue weighted by molar-refractivity contribution is 8.06. The fourth-order valence-corrected chi connectivity index (χ4v) is 1.23. The van der Waals surface area contributed by atoms with Gasteiger partial charge in [-0.1, -0.05) is 24.8 Å². The summed E-state index contributed by atoms with van der Waals surface area (Å²) in [7, 11) is 0. The molecule has 0 atom stereocenters. The molecule has 0 aromatic heterocycles. The van der Waals surface area contributed by atoms with Crippen LogP contribution in [0.5, 0.6) is 0 Å². The zero-order valence-electron chi connectivity index (χ0n) is 6.85. The summed E-state index contributed by atoms with van der Waals surface area (Å²) in [6.45, 7) is 6.23. The van der Waals surface area contributed by atoms with E-state index in [1.54, 1.807) is 18.0 Å². The van der Waals surface area contributed by atoms with Crippen molar-refractivity contribution < 1.29 is 0 Å². The van der Waals surface area contributed by atoms with E-state index < -0.39 is 0 Å². The van der Waals surface area contributed by atoms with E-state index in [9.17, 15) is 0 Å². The molecule has 0 saturated carbocycles. The van der Waals surface area contributed by atoms with E-state index in [2.05, 4.69) is 19.9 Å². The van der Waals surface area contributed by atoms with Crippen LogP contribution in [0.25, 0.3) is 0 Å². The fourth-order valence-electron chi connectivity index (χ4n) is 0.490. The van der Waals surface area contributed by atoms with Crippen LogP contribution in [0.3, 0.4) is 0 Å². The molecule has 1 nitrogen and oxygen atoms in total. The van der Waals surface area contributed by atoms with Crippen molar-refractivity contribution in [2.45, 2.75) is 27.2 Å². The van der Waals surface area contributed by atoms with Gasteiger partial charge in [-0.25, -0.2) is 0 Å². The zero-order chi connectivity index (χ0) is 7.98. The quantitative estimate of drug-likeness (QED) is 0.681. The highest BCUT2D eigenvalue weighted by Crippen LogP contribution is 2.25. The van der Waals surface area contributed by atoms with Crippen LogP contribution in [0, 0.1) is 0 Å². The summed E-state index contributed by atoms with van der Waals surface area (Å²) in [5, 5.41) is 0. The number of hydrogen-bond donors (Lipinski definition) is 1. The predicted octanol–water partition coefficient (Wildman–Crippen LogP) is 2.85. The van der Waals surface area contributed by atoms with Gasteiger partial charge in [0.1, 0.15) is 0 Å². The van der Waals surface area contributed by atoms with Crippen molar-refractivity contribution in [3.63, 3.8) is 0 Å². The van der Waals surface area contributed by atoms with Crippen molar-refractivity contribution in [1.82, 2.24) is 0 Å². The highest BCUT2D eigenvalue weighted by atomic mass is 32.2. The SMILES string of the molecule is C/C=C(/C)S/C(=C\N)CC. The summed E-state index contributed by atoms with van der Waals surface area (Å²) in [6, 6.07) is 0. The maximum Gasteiger partial charge on any atom is 0.00460 e. The number of nitrogens with two attached hydrogens (primary N) is 1. The molecule has 0 fully saturated rings. The molecule has 0 aliphatic rings. The summed E-state index contributed by atoms with van der Waals surface area (Å²) >= 11 is 1.74. The normalized spacial score (nSPS) is 13.9. The molecular formula is C8H15NS. The van der Waals surface area contributed by atoms with Crippen LogP contribution in [-0.2, 0) is 0 Å². The van der Waals surface area contributed by atoms with Crippen molar-refractivity contribution in [2.24, 2.45) is 5.73 Å². The lowest BCUT2D eigenvalue weighted by molar-refractivity contribution is 1.19. The Balaban J connectivity index is 3.88. The standard InChI is InChI=1S/C8H15NS/c1-4-7(3)10-8(5-2)6-9/h4,6H,5,9H2,1-3H3/b7-4-,8-6-. The largest absolute Gasteiger partial charge is 0.404 e.